The van der Waals surface area contributed by atoms with Gasteiger partial charge < -0.3 is 14.4 Å². The number of hydrogen-bond donors (Lipinski definition) is 0. The monoisotopic (exact) mass is 320 g/mol. The quantitative estimate of drug-likeness (QED) is 0.735. The SMILES string of the molecule is COC(=O)[C@@H]1CCN(C(=O)OC)[C@@H](CN2CCC(F)(F)C2)C1. The number of nitrogens with zero attached hydrogens (tertiary/aromatic N) is 2. The van der Waals surface area contributed by atoms with E-state index in [0.29, 0.717) is 32.5 Å². The smallest absolute Gasteiger partial charge is 0.409 e. The van der Waals surface area contributed by atoms with Gasteiger partial charge in [0.1, 0.15) is 0 Å². The summed E-state index contributed by atoms with van der Waals surface area (Å²) in [4.78, 5) is 26.7. The van der Waals surface area contributed by atoms with Gasteiger partial charge in [-0.05, 0) is 12.8 Å². The Bertz CT molecular complexity index is 433. The van der Waals surface area contributed by atoms with Crippen molar-refractivity contribution in [3.05, 3.63) is 0 Å². The van der Waals surface area contributed by atoms with E-state index in [1.165, 1.54) is 19.1 Å². The molecule has 2 aliphatic heterocycles. The predicted molar refractivity (Wildman–Crippen MR) is 73.6 cm³/mol. The van der Waals surface area contributed by atoms with Crippen LogP contribution in [-0.4, -0.2) is 74.2 Å². The Morgan fingerprint density at radius 3 is 2.50 bits per heavy atom. The molecule has 2 rings (SSSR count). The molecule has 0 spiro atoms. The molecule has 0 aromatic heterocycles. The van der Waals surface area contributed by atoms with Gasteiger partial charge in [-0.3, -0.25) is 9.69 Å². The maximum Gasteiger partial charge on any atom is 0.409 e. The Labute approximate surface area is 128 Å². The van der Waals surface area contributed by atoms with Crippen molar-refractivity contribution in [3.63, 3.8) is 0 Å². The van der Waals surface area contributed by atoms with Gasteiger partial charge in [-0.2, -0.15) is 0 Å². The number of esters is 1. The fourth-order valence-electron chi connectivity index (χ4n) is 3.22. The maximum absolute atomic E-state index is 13.3. The second-order valence-electron chi connectivity index (χ2n) is 5.90. The van der Waals surface area contributed by atoms with Crippen molar-refractivity contribution in [1.29, 1.82) is 0 Å². The van der Waals surface area contributed by atoms with Crippen molar-refractivity contribution >= 4 is 12.1 Å². The van der Waals surface area contributed by atoms with E-state index in [0.717, 1.165) is 0 Å². The molecule has 0 unspecified atom stereocenters. The Morgan fingerprint density at radius 1 is 1.23 bits per heavy atom. The number of carbonyl (C=O) groups is 2. The normalized spacial score (nSPS) is 28.5. The number of amides is 1. The molecule has 0 saturated carbocycles. The van der Waals surface area contributed by atoms with Gasteiger partial charge in [0.25, 0.3) is 5.92 Å². The van der Waals surface area contributed by atoms with Gasteiger partial charge in [0.2, 0.25) is 0 Å². The molecule has 0 radical (unpaired) electrons. The summed E-state index contributed by atoms with van der Waals surface area (Å²) in [5, 5.41) is 0. The van der Waals surface area contributed by atoms with Crippen LogP contribution in [0.5, 0.6) is 0 Å². The highest BCUT2D eigenvalue weighted by Crippen LogP contribution is 2.30. The van der Waals surface area contributed by atoms with Crippen LogP contribution in [-0.2, 0) is 14.3 Å². The minimum atomic E-state index is -2.67. The average Bonchev–Trinajstić information content (AvgIpc) is 2.84. The predicted octanol–water partition coefficient (Wildman–Crippen LogP) is 1.35. The van der Waals surface area contributed by atoms with Gasteiger partial charge in [0.15, 0.2) is 0 Å². The number of halogens is 2. The zero-order chi connectivity index (χ0) is 16.3. The first kappa shape index (κ1) is 16.9. The number of piperidine rings is 1. The zero-order valence-electron chi connectivity index (χ0n) is 12.9. The summed E-state index contributed by atoms with van der Waals surface area (Å²) in [5.74, 6) is -3.30. The molecular weight excluding hydrogens is 298 g/mol. The van der Waals surface area contributed by atoms with Crippen molar-refractivity contribution in [3.8, 4) is 0 Å². The Hall–Kier alpha value is -1.44. The van der Waals surface area contributed by atoms with Crippen LogP contribution >= 0.6 is 0 Å². The number of methoxy groups -OCH3 is 2. The number of hydrogen-bond acceptors (Lipinski definition) is 5. The summed E-state index contributed by atoms with van der Waals surface area (Å²) in [6.45, 7) is 0.669. The largest absolute Gasteiger partial charge is 0.469 e. The van der Waals surface area contributed by atoms with E-state index in [4.69, 9.17) is 9.47 Å². The summed E-state index contributed by atoms with van der Waals surface area (Å²) >= 11 is 0. The van der Waals surface area contributed by atoms with E-state index in [2.05, 4.69) is 0 Å². The third-order valence-corrected chi connectivity index (χ3v) is 4.38. The van der Waals surface area contributed by atoms with Crippen molar-refractivity contribution < 1.29 is 27.8 Å². The average molecular weight is 320 g/mol. The van der Waals surface area contributed by atoms with Crippen LogP contribution < -0.4 is 0 Å². The first-order valence-electron chi connectivity index (χ1n) is 7.39. The Morgan fingerprint density at radius 2 is 1.95 bits per heavy atom. The van der Waals surface area contributed by atoms with Crippen LogP contribution in [0.2, 0.25) is 0 Å². The minimum absolute atomic E-state index is 0.168. The topological polar surface area (TPSA) is 59.1 Å². The minimum Gasteiger partial charge on any atom is -0.469 e. The molecule has 22 heavy (non-hydrogen) atoms. The van der Waals surface area contributed by atoms with Gasteiger partial charge in [-0.25, -0.2) is 13.6 Å². The van der Waals surface area contributed by atoms with E-state index in [9.17, 15) is 18.4 Å². The lowest BCUT2D eigenvalue weighted by molar-refractivity contribution is -0.147. The van der Waals surface area contributed by atoms with Crippen LogP contribution in [0, 0.1) is 5.92 Å². The van der Waals surface area contributed by atoms with E-state index < -0.39 is 12.0 Å². The lowest BCUT2D eigenvalue weighted by Gasteiger charge is -2.39. The lowest BCUT2D eigenvalue weighted by atomic mass is 9.90. The molecule has 2 atom stereocenters. The highest BCUT2D eigenvalue weighted by Gasteiger charge is 2.42. The van der Waals surface area contributed by atoms with E-state index in [1.807, 2.05) is 0 Å². The van der Waals surface area contributed by atoms with Crippen LogP contribution in [0.25, 0.3) is 0 Å². The molecule has 2 fully saturated rings. The van der Waals surface area contributed by atoms with Crippen LogP contribution in [0.1, 0.15) is 19.3 Å². The lowest BCUT2D eigenvalue weighted by Crippen LogP contribution is -2.52. The third kappa shape index (κ3) is 3.85. The molecule has 2 heterocycles. The molecule has 126 valence electrons. The number of alkyl halides is 2. The summed E-state index contributed by atoms with van der Waals surface area (Å²) in [6, 6.07) is -0.320. The van der Waals surface area contributed by atoms with Gasteiger partial charge in [0.05, 0.1) is 26.7 Å². The van der Waals surface area contributed by atoms with E-state index >= 15 is 0 Å². The van der Waals surface area contributed by atoms with Gasteiger partial charge in [0, 0.05) is 32.1 Å². The van der Waals surface area contributed by atoms with Gasteiger partial charge >= 0.3 is 12.1 Å². The summed E-state index contributed by atoms with van der Waals surface area (Å²) in [5.41, 5.74) is 0. The first-order valence-corrected chi connectivity index (χ1v) is 7.39. The molecule has 0 aromatic carbocycles. The zero-order valence-corrected chi connectivity index (χ0v) is 12.9. The van der Waals surface area contributed by atoms with Crippen LogP contribution in [0.3, 0.4) is 0 Å². The summed E-state index contributed by atoms with van der Waals surface area (Å²) in [7, 11) is 2.61. The fourth-order valence-corrected chi connectivity index (χ4v) is 3.22. The van der Waals surface area contributed by atoms with Crippen molar-refractivity contribution in [2.45, 2.75) is 31.2 Å². The fraction of sp³-hybridized carbons (Fsp3) is 0.857. The molecular formula is C14H22F2N2O4. The number of carbonyl (C=O) groups excluding carboxylic acids is 2. The van der Waals surface area contributed by atoms with Gasteiger partial charge in [-0.15, -0.1) is 0 Å². The molecule has 0 N–H and O–H groups in total. The Balaban J connectivity index is 2.03. The Kier molecular flexibility index (Phi) is 5.20. The van der Waals surface area contributed by atoms with Crippen LogP contribution in [0.4, 0.5) is 13.6 Å². The van der Waals surface area contributed by atoms with Gasteiger partial charge in [-0.1, -0.05) is 0 Å². The molecule has 0 aromatic rings. The highest BCUT2D eigenvalue weighted by atomic mass is 19.3. The number of rotatable bonds is 3. The highest BCUT2D eigenvalue weighted by molar-refractivity contribution is 5.73. The van der Waals surface area contributed by atoms with Crippen molar-refractivity contribution in [2.75, 3.05) is 40.4 Å². The van der Waals surface area contributed by atoms with E-state index in [-0.39, 0.29) is 30.9 Å². The second-order valence-corrected chi connectivity index (χ2v) is 5.90. The van der Waals surface area contributed by atoms with Crippen molar-refractivity contribution in [2.24, 2.45) is 5.92 Å². The molecule has 8 heteroatoms. The standard InChI is InChI=1S/C14H22F2N2O4/c1-21-12(19)10-3-5-18(13(20)22-2)11(7-10)8-17-6-4-14(15,16)9-17/h10-11H,3-9H2,1-2H3/t10-,11-/m1/s1. The molecule has 2 saturated heterocycles. The molecule has 0 bridgehead atoms. The van der Waals surface area contributed by atoms with Crippen LogP contribution in [0.15, 0.2) is 0 Å². The third-order valence-electron chi connectivity index (χ3n) is 4.38. The molecule has 0 aliphatic carbocycles. The maximum atomic E-state index is 13.3. The molecule has 2 aliphatic rings. The second kappa shape index (κ2) is 6.76. The molecule has 1 amide bonds. The number of ether oxygens (including phenoxy) is 2. The van der Waals surface area contributed by atoms with Crippen molar-refractivity contribution in [1.82, 2.24) is 9.80 Å². The molecule has 6 nitrogen and oxygen atoms in total. The first-order chi connectivity index (χ1) is 10.4. The summed E-state index contributed by atoms with van der Waals surface area (Å²) < 4.78 is 36.1. The number of likely N-dealkylation sites (tertiary alicyclic amines) is 2. The summed E-state index contributed by atoms with van der Waals surface area (Å²) in [6.07, 6.45) is 0.246. The van der Waals surface area contributed by atoms with E-state index in [1.54, 1.807) is 4.90 Å².